The molecule has 0 saturated heterocycles. The van der Waals surface area contributed by atoms with Gasteiger partial charge in [0, 0.05) is 5.92 Å². The van der Waals surface area contributed by atoms with E-state index >= 15 is 0 Å². The molecule has 0 aromatic heterocycles. The van der Waals surface area contributed by atoms with Gasteiger partial charge >= 0.3 is 0 Å². The third-order valence-corrected chi connectivity index (χ3v) is 3.73. The Morgan fingerprint density at radius 3 is 2.15 bits per heavy atom. The van der Waals surface area contributed by atoms with Gasteiger partial charge < -0.3 is 0 Å². The zero-order chi connectivity index (χ0) is 14.5. The molecule has 20 heavy (non-hydrogen) atoms. The van der Waals surface area contributed by atoms with Crippen LogP contribution in [0.15, 0.2) is 48.5 Å². The average molecular weight is 270 g/mol. The maximum absolute atomic E-state index is 13.7. The number of benzene rings is 2. The number of ketones is 1. The van der Waals surface area contributed by atoms with Crippen LogP contribution in [0.4, 0.5) is 4.39 Å². The van der Waals surface area contributed by atoms with E-state index in [0.717, 1.165) is 5.56 Å². The van der Waals surface area contributed by atoms with Gasteiger partial charge in [0.2, 0.25) is 0 Å². The molecule has 0 aliphatic carbocycles. The molecule has 0 bridgehead atoms. The van der Waals surface area contributed by atoms with Crippen LogP contribution < -0.4 is 0 Å². The number of halogens is 1. The van der Waals surface area contributed by atoms with Crippen molar-refractivity contribution in [2.45, 2.75) is 26.7 Å². The van der Waals surface area contributed by atoms with E-state index in [-0.39, 0.29) is 17.5 Å². The Morgan fingerprint density at radius 1 is 1.00 bits per heavy atom. The van der Waals surface area contributed by atoms with Crippen molar-refractivity contribution in [2.75, 3.05) is 0 Å². The Balaban J connectivity index is 2.19. The molecule has 104 valence electrons. The lowest BCUT2D eigenvalue weighted by atomic mass is 9.88. The number of hydrogen-bond acceptors (Lipinski definition) is 1. The molecule has 1 unspecified atom stereocenters. The molecule has 1 atom stereocenters. The van der Waals surface area contributed by atoms with Crippen molar-refractivity contribution < 1.29 is 9.18 Å². The Kier molecular flexibility index (Phi) is 4.67. The summed E-state index contributed by atoms with van der Waals surface area (Å²) in [6.45, 7) is 3.62. The highest BCUT2D eigenvalue weighted by molar-refractivity contribution is 5.79. The van der Waals surface area contributed by atoms with Crippen molar-refractivity contribution in [3.63, 3.8) is 0 Å². The van der Waals surface area contributed by atoms with Crippen LogP contribution in [0.1, 0.15) is 23.6 Å². The van der Waals surface area contributed by atoms with E-state index in [1.807, 2.05) is 37.3 Å². The fourth-order valence-electron chi connectivity index (χ4n) is 2.39. The molecular weight excluding hydrogens is 251 g/mol. The van der Waals surface area contributed by atoms with Gasteiger partial charge in [-0.15, -0.1) is 0 Å². The number of carbonyl (C=O) groups excluding carboxylic acids is 1. The molecule has 2 heteroatoms. The fraction of sp³-hybridized carbons (Fsp3) is 0.278. The minimum atomic E-state index is -0.233. The summed E-state index contributed by atoms with van der Waals surface area (Å²) in [6.07, 6.45) is 1.12. The molecule has 1 nitrogen and oxygen atoms in total. The van der Waals surface area contributed by atoms with Crippen molar-refractivity contribution in [3.05, 3.63) is 71.0 Å². The van der Waals surface area contributed by atoms with Crippen LogP contribution in [-0.4, -0.2) is 5.78 Å². The molecular formula is C18H19FO. The van der Waals surface area contributed by atoms with Crippen LogP contribution in [-0.2, 0) is 17.6 Å². The summed E-state index contributed by atoms with van der Waals surface area (Å²) < 4.78 is 13.7. The first kappa shape index (κ1) is 14.4. The van der Waals surface area contributed by atoms with Gasteiger partial charge in [0.15, 0.2) is 0 Å². The maximum Gasteiger partial charge on any atom is 0.133 e. The Hall–Kier alpha value is -1.96. The number of Topliss-reactive ketones (excluding diaryl/α,β-unsaturated/α-hetero) is 1. The van der Waals surface area contributed by atoms with E-state index in [9.17, 15) is 9.18 Å². The minimum Gasteiger partial charge on any atom is -0.300 e. The van der Waals surface area contributed by atoms with Crippen molar-refractivity contribution in [1.29, 1.82) is 0 Å². The van der Waals surface area contributed by atoms with Crippen LogP contribution in [0, 0.1) is 18.7 Å². The van der Waals surface area contributed by atoms with Gasteiger partial charge in [-0.25, -0.2) is 4.39 Å². The zero-order valence-corrected chi connectivity index (χ0v) is 11.9. The normalized spacial score (nSPS) is 12.2. The highest BCUT2D eigenvalue weighted by Crippen LogP contribution is 2.19. The largest absolute Gasteiger partial charge is 0.300 e. The smallest absolute Gasteiger partial charge is 0.133 e. The van der Waals surface area contributed by atoms with Crippen LogP contribution >= 0.6 is 0 Å². The summed E-state index contributed by atoms with van der Waals surface area (Å²) in [5.74, 6) is -0.298. The monoisotopic (exact) mass is 270 g/mol. The van der Waals surface area contributed by atoms with E-state index in [2.05, 4.69) is 0 Å². The summed E-state index contributed by atoms with van der Waals surface area (Å²) in [5.41, 5.74) is 2.94. The predicted molar refractivity (Wildman–Crippen MR) is 79.2 cm³/mol. The van der Waals surface area contributed by atoms with Crippen LogP contribution in [0.3, 0.4) is 0 Å². The van der Waals surface area contributed by atoms with Crippen molar-refractivity contribution in [1.82, 2.24) is 0 Å². The van der Waals surface area contributed by atoms with Gasteiger partial charge in [0.25, 0.3) is 0 Å². The molecule has 2 aromatic rings. The topological polar surface area (TPSA) is 17.1 Å². The highest BCUT2D eigenvalue weighted by Gasteiger charge is 2.18. The molecule has 0 aliphatic rings. The summed E-state index contributed by atoms with van der Waals surface area (Å²) in [5, 5.41) is 0. The quantitative estimate of drug-likeness (QED) is 0.798. The first-order valence-electron chi connectivity index (χ1n) is 6.86. The molecule has 0 spiro atoms. The predicted octanol–water partition coefficient (Wildman–Crippen LogP) is 4.12. The van der Waals surface area contributed by atoms with Crippen LogP contribution in [0.25, 0.3) is 0 Å². The molecule has 2 rings (SSSR count). The molecule has 2 aromatic carbocycles. The van der Waals surface area contributed by atoms with Crippen LogP contribution in [0.2, 0.25) is 0 Å². The Bertz CT molecular complexity index is 556. The minimum absolute atomic E-state index is 0.108. The molecule has 0 heterocycles. The molecule has 0 saturated carbocycles. The maximum atomic E-state index is 13.7. The van der Waals surface area contributed by atoms with E-state index in [1.54, 1.807) is 19.1 Å². The van der Waals surface area contributed by atoms with Gasteiger partial charge in [0.1, 0.15) is 11.6 Å². The first-order chi connectivity index (χ1) is 9.58. The lowest BCUT2D eigenvalue weighted by Crippen LogP contribution is -2.18. The third-order valence-electron chi connectivity index (χ3n) is 3.73. The first-order valence-corrected chi connectivity index (χ1v) is 6.86. The second-order valence-electron chi connectivity index (χ2n) is 5.23. The molecule has 0 amide bonds. The lowest BCUT2D eigenvalue weighted by molar-refractivity contribution is -0.120. The third kappa shape index (κ3) is 3.53. The highest BCUT2D eigenvalue weighted by atomic mass is 19.1. The number of aryl methyl sites for hydroxylation is 1. The fourth-order valence-corrected chi connectivity index (χ4v) is 2.39. The molecule has 0 aliphatic heterocycles. The van der Waals surface area contributed by atoms with Gasteiger partial charge in [-0.05, 0) is 49.4 Å². The molecule has 0 fully saturated rings. The van der Waals surface area contributed by atoms with E-state index in [4.69, 9.17) is 0 Å². The van der Waals surface area contributed by atoms with Gasteiger partial charge in [-0.3, -0.25) is 4.79 Å². The summed E-state index contributed by atoms with van der Waals surface area (Å²) in [6, 6.07) is 14.7. The Labute approximate surface area is 119 Å². The van der Waals surface area contributed by atoms with Crippen molar-refractivity contribution in [3.8, 4) is 0 Å². The summed E-state index contributed by atoms with van der Waals surface area (Å²) in [4.78, 5) is 11.9. The molecule has 0 N–H and O–H groups in total. The van der Waals surface area contributed by atoms with Crippen LogP contribution in [0.5, 0.6) is 0 Å². The van der Waals surface area contributed by atoms with Crippen molar-refractivity contribution >= 4 is 5.78 Å². The summed E-state index contributed by atoms with van der Waals surface area (Å²) in [7, 11) is 0. The average Bonchev–Trinajstić information content (AvgIpc) is 2.42. The molecule has 0 radical (unpaired) electrons. The second-order valence-corrected chi connectivity index (χ2v) is 5.23. The standard InChI is InChI=1S/C18H19FO/c1-13-7-3-4-8-15(13)11-17(14(2)20)12-16-9-5-6-10-18(16)19/h3-10,17H,11-12H2,1-2H3. The SMILES string of the molecule is CC(=O)C(Cc1ccccc1C)Cc1ccccc1F. The van der Waals surface area contributed by atoms with E-state index in [0.29, 0.717) is 18.4 Å². The number of hydrogen-bond donors (Lipinski definition) is 0. The second kappa shape index (κ2) is 6.47. The van der Waals surface area contributed by atoms with E-state index < -0.39 is 0 Å². The number of carbonyl (C=O) groups is 1. The van der Waals surface area contributed by atoms with Crippen molar-refractivity contribution in [2.24, 2.45) is 5.92 Å². The van der Waals surface area contributed by atoms with Gasteiger partial charge in [-0.1, -0.05) is 42.5 Å². The zero-order valence-electron chi connectivity index (χ0n) is 11.9. The summed E-state index contributed by atoms with van der Waals surface area (Å²) >= 11 is 0. The Morgan fingerprint density at radius 2 is 1.55 bits per heavy atom. The van der Waals surface area contributed by atoms with Gasteiger partial charge in [0.05, 0.1) is 0 Å². The lowest BCUT2D eigenvalue weighted by Gasteiger charge is -2.16. The van der Waals surface area contributed by atoms with Gasteiger partial charge in [-0.2, -0.15) is 0 Å². The van der Waals surface area contributed by atoms with E-state index in [1.165, 1.54) is 11.6 Å². The number of rotatable bonds is 5.